The van der Waals surface area contributed by atoms with Gasteiger partial charge in [0.15, 0.2) is 0 Å². The van der Waals surface area contributed by atoms with Gasteiger partial charge in [0.2, 0.25) is 15.9 Å². The van der Waals surface area contributed by atoms with Crippen LogP contribution in [0.3, 0.4) is 0 Å². The predicted molar refractivity (Wildman–Crippen MR) is 104 cm³/mol. The molecule has 2 saturated heterocycles. The van der Waals surface area contributed by atoms with Crippen LogP contribution in [0.25, 0.3) is 0 Å². The third-order valence-corrected chi connectivity index (χ3v) is 7.55. The summed E-state index contributed by atoms with van der Waals surface area (Å²) in [7, 11) is -2.10. The Kier molecular flexibility index (Phi) is 6.42. The largest absolute Gasteiger partial charge is 0.495 e. The van der Waals surface area contributed by atoms with E-state index in [0.29, 0.717) is 25.3 Å². The van der Waals surface area contributed by atoms with Crippen LogP contribution in [0.1, 0.15) is 44.1 Å². The molecule has 0 N–H and O–H groups in total. The second-order valence-corrected chi connectivity index (χ2v) is 9.56. The van der Waals surface area contributed by atoms with Crippen LogP contribution in [-0.2, 0) is 14.8 Å². The molecule has 0 aromatic heterocycles. The molecule has 150 valence electrons. The zero-order valence-electron chi connectivity index (χ0n) is 16.3. The van der Waals surface area contributed by atoms with Gasteiger partial charge in [-0.15, -0.1) is 0 Å². The second kappa shape index (κ2) is 8.61. The Morgan fingerprint density at radius 2 is 1.93 bits per heavy atom. The van der Waals surface area contributed by atoms with Gasteiger partial charge in [0, 0.05) is 32.6 Å². The minimum Gasteiger partial charge on any atom is -0.495 e. The first-order valence-corrected chi connectivity index (χ1v) is 11.3. The van der Waals surface area contributed by atoms with E-state index in [1.165, 1.54) is 7.11 Å². The van der Waals surface area contributed by atoms with Crippen LogP contribution in [0, 0.1) is 12.8 Å². The number of hydrogen-bond acceptors (Lipinski definition) is 4. The predicted octanol–water partition coefficient (Wildman–Crippen LogP) is 2.81. The lowest BCUT2D eigenvalue weighted by molar-refractivity contribution is -0.130. The van der Waals surface area contributed by atoms with Gasteiger partial charge in [-0.2, -0.15) is 4.31 Å². The molecule has 2 aliphatic rings. The van der Waals surface area contributed by atoms with E-state index in [4.69, 9.17) is 4.74 Å². The number of likely N-dealkylation sites (tertiary alicyclic amines) is 1. The molecule has 1 atom stereocenters. The number of ether oxygens (including phenoxy) is 1. The van der Waals surface area contributed by atoms with Crippen LogP contribution in [0.4, 0.5) is 0 Å². The molecular formula is C20H30N2O4S. The molecule has 27 heavy (non-hydrogen) atoms. The Balaban J connectivity index is 1.65. The number of piperidine rings is 1. The molecule has 0 saturated carbocycles. The molecule has 1 amide bonds. The average Bonchev–Trinajstić information content (AvgIpc) is 3.21. The standard InChI is InChI=1S/C20H30N2O4S/c1-16-7-9-19(18(14-16)26-2)27(24,25)22-13-5-6-17(15-22)8-10-20(23)21-11-3-4-12-21/h7,9,14,17H,3-6,8,10-13,15H2,1-2H3/t17-/m1/s1. The van der Waals surface area contributed by atoms with E-state index >= 15 is 0 Å². The maximum Gasteiger partial charge on any atom is 0.246 e. The van der Waals surface area contributed by atoms with E-state index in [1.807, 2.05) is 11.8 Å². The van der Waals surface area contributed by atoms with Gasteiger partial charge in [0.05, 0.1) is 7.11 Å². The van der Waals surface area contributed by atoms with Gasteiger partial charge in [-0.1, -0.05) is 6.07 Å². The summed E-state index contributed by atoms with van der Waals surface area (Å²) < 4.78 is 33.2. The smallest absolute Gasteiger partial charge is 0.246 e. The van der Waals surface area contributed by atoms with Gasteiger partial charge in [-0.05, 0) is 62.6 Å². The number of sulfonamides is 1. The van der Waals surface area contributed by atoms with E-state index in [0.717, 1.165) is 50.8 Å². The molecule has 0 bridgehead atoms. The quantitative estimate of drug-likeness (QED) is 0.744. The van der Waals surface area contributed by atoms with Crippen LogP contribution in [0.15, 0.2) is 23.1 Å². The number of hydrogen-bond donors (Lipinski definition) is 0. The maximum absolute atomic E-state index is 13.1. The van der Waals surface area contributed by atoms with E-state index in [2.05, 4.69) is 0 Å². The SMILES string of the molecule is COc1cc(C)ccc1S(=O)(=O)N1CCC[C@H](CCC(=O)N2CCCC2)C1. The molecule has 0 radical (unpaired) electrons. The van der Waals surface area contributed by atoms with Crippen molar-refractivity contribution >= 4 is 15.9 Å². The van der Waals surface area contributed by atoms with E-state index in [-0.39, 0.29) is 16.7 Å². The van der Waals surface area contributed by atoms with E-state index < -0.39 is 10.0 Å². The Hall–Kier alpha value is -1.60. The van der Waals surface area contributed by atoms with Crippen molar-refractivity contribution in [3.05, 3.63) is 23.8 Å². The highest BCUT2D eigenvalue weighted by molar-refractivity contribution is 7.89. The molecule has 3 rings (SSSR count). The average molecular weight is 395 g/mol. The highest BCUT2D eigenvalue weighted by Crippen LogP contribution is 2.31. The third-order valence-electron chi connectivity index (χ3n) is 5.64. The summed E-state index contributed by atoms with van der Waals surface area (Å²) in [5, 5.41) is 0. The molecular weight excluding hydrogens is 364 g/mol. The van der Waals surface area contributed by atoms with Gasteiger partial charge >= 0.3 is 0 Å². The summed E-state index contributed by atoms with van der Waals surface area (Å²) in [6.07, 6.45) is 5.28. The number of carbonyl (C=O) groups excluding carboxylic acids is 1. The van der Waals surface area contributed by atoms with Crippen molar-refractivity contribution < 1.29 is 17.9 Å². The van der Waals surface area contributed by atoms with Gasteiger partial charge in [-0.3, -0.25) is 4.79 Å². The summed E-state index contributed by atoms with van der Waals surface area (Å²) in [5.74, 6) is 0.838. The van der Waals surface area contributed by atoms with Crippen LogP contribution in [0.2, 0.25) is 0 Å². The monoisotopic (exact) mass is 394 g/mol. The lowest BCUT2D eigenvalue weighted by Crippen LogP contribution is -2.40. The summed E-state index contributed by atoms with van der Waals surface area (Å²) in [5.41, 5.74) is 0.961. The zero-order chi connectivity index (χ0) is 19.4. The van der Waals surface area contributed by atoms with Crippen molar-refractivity contribution in [2.45, 2.75) is 50.3 Å². The highest BCUT2D eigenvalue weighted by Gasteiger charge is 2.32. The normalized spacial score (nSPS) is 21.4. The fourth-order valence-electron chi connectivity index (χ4n) is 4.06. The van der Waals surface area contributed by atoms with Crippen LogP contribution >= 0.6 is 0 Å². The van der Waals surface area contributed by atoms with E-state index in [9.17, 15) is 13.2 Å². The number of methoxy groups -OCH3 is 1. The molecule has 2 aliphatic heterocycles. The number of carbonyl (C=O) groups is 1. The molecule has 6 nitrogen and oxygen atoms in total. The van der Waals surface area contributed by atoms with Gasteiger partial charge < -0.3 is 9.64 Å². The molecule has 2 heterocycles. The maximum atomic E-state index is 13.1. The Morgan fingerprint density at radius 1 is 1.19 bits per heavy atom. The lowest BCUT2D eigenvalue weighted by Gasteiger charge is -2.32. The second-order valence-electron chi connectivity index (χ2n) is 7.65. The molecule has 1 aromatic rings. The minimum absolute atomic E-state index is 0.215. The van der Waals surface area contributed by atoms with Gasteiger partial charge in [-0.25, -0.2) is 8.42 Å². The number of rotatable bonds is 6. The van der Waals surface area contributed by atoms with Crippen molar-refractivity contribution in [3.63, 3.8) is 0 Å². The third kappa shape index (κ3) is 4.63. The summed E-state index contributed by atoms with van der Waals surface area (Å²) in [6.45, 7) is 4.66. The first-order valence-electron chi connectivity index (χ1n) is 9.84. The number of amides is 1. The summed E-state index contributed by atoms with van der Waals surface area (Å²) >= 11 is 0. The first kappa shape index (κ1) is 20.1. The Morgan fingerprint density at radius 3 is 2.63 bits per heavy atom. The molecule has 1 aromatic carbocycles. The topological polar surface area (TPSA) is 66.9 Å². The van der Waals surface area contributed by atoms with Crippen molar-refractivity contribution in [1.29, 1.82) is 0 Å². The highest BCUT2D eigenvalue weighted by atomic mass is 32.2. The Bertz CT molecular complexity index is 772. The Labute approximate surface area is 162 Å². The van der Waals surface area contributed by atoms with Gasteiger partial charge in [0.1, 0.15) is 10.6 Å². The van der Waals surface area contributed by atoms with Crippen molar-refractivity contribution in [3.8, 4) is 5.75 Å². The zero-order valence-corrected chi connectivity index (χ0v) is 17.1. The van der Waals surface area contributed by atoms with E-state index in [1.54, 1.807) is 22.5 Å². The summed E-state index contributed by atoms with van der Waals surface area (Å²) in [4.78, 5) is 14.4. The molecule has 2 fully saturated rings. The van der Waals surface area contributed by atoms with Crippen molar-refractivity contribution in [2.75, 3.05) is 33.3 Å². The van der Waals surface area contributed by atoms with Gasteiger partial charge in [0.25, 0.3) is 0 Å². The molecule has 0 unspecified atom stereocenters. The van der Waals surface area contributed by atoms with Crippen LogP contribution in [0.5, 0.6) is 5.75 Å². The number of nitrogens with zero attached hydrogens (tertiary/aromatic N) is 2. The lowest BCUT2D eigenvalue weighted by atomic mass is 9.94. The number of benzene rings is 1. The molecule has 0 aliphatic carbocycles. The fraction of sp³-hybridized carbons (Fsp3) is 0.650. The molecule has 7 heteroatoms. The van der Waals surface area contributed by atoms with Crippen LogP contribution in [-0.4, -0.2) is 56.8 Å². The fourth-order valence-corrected chi connectivity index (χ4v) is 5.75. The van der Waals surface area contributed by atoms with Crippen molar-refractivity contribution in [1.82, 2.24) is 9.21 Å². The minimum atomic E-state index is -3.60. The summed E-state index contributed by atoms with van der Waals surface area (Å²) in [6, 6.07) is 5.18. The molecule has 0 spiro atoms. The van der Waals surface area contributed by atoms with Crippen molar-refractivity contribution in [2.24, 2.45) is 5.92 Å². The number of aryl methyl sites for hydroxylation is 1. The van der Waals surface area contributed by atoms with Crippen LogP contribution < -0.4 is 4.74 Å². The first-order chi connectivity index (χ1) is 12.9.